The number of aromatic amines is 1. The molecule has 0 atom stereocenters. The van der Waals surface area contributed by atoms with Crippen LogP contribution in [0, 0.1) is 10.6 Å². The van der Waals surface area contributed by atoms with Crippen LogP contribution in [-0.2, 0) is 6.18 Å². The lowest BCUT2D eigenvalue weighted by atomic mass is 10.2. The van der Waals surface area contributed by atoms with Gasteiger partial charge in [-0.05, 0) is 26.1 Å². The summed E-state index contributed by atoms with van der Waals surface area (Å²) >= 11 is 4.92. The summed E-state index contributed by atoms with van der Waals surface area (Å²) in [6, 6.07) is -0.163. The summed E-state index contributed by atoms with van der Waals surface area (Å²) in [5.74, 6) is -1.88. The number of hydrogen-bond acceptors (Lipinski definition) is 3. The van der Waals surface area contributed by atoms with Crippen molar-refractivity contribution in [2.75, 3.05) is 0 Å². The second kappa shape index (κ2) is 4.65. The summed E-state index contributed by atoms with van der Waals surface area (Å²) in [6.07, 6.45) is -3.80. The molecule has 0 bridgehead atoms. The number of nitrogens with zero attached hydrogens (tertiary/aromatic N) is 2. The summed E-state index contributed by atoms with van der Waals surface area (Å²) < 4.78 is 52.7. The van der Waals surface area contributed by atoms with Crippen molar-refractivity contribution in [1.82, 2.24) is 14.5 Å². The molecule has 0 aromatic carbocycles. The number of hydrogen-bond donors (Lipinski definition) is 1. The Bertz CT molecular complexity index is 791. The molecule has 0 fully saturated rings. The topological polar surface area (TPSA) is 50.7 Å². The van der Waals surface area contributed by atoms with Crippen molar-refractivity contribution in [3.8, 4) is 0 Å². The molecule has 0 aliphatic carbocycles. The van der Waals surface area contributed by atoms with Gasteiger partial charge in [-0.25, -0.2) is 9.37 Å². The second-order valence-electron chi connectivity index (χ2n) is 4.43. The van der Waals surface area contributed by atoms with Crippen LogP contribution in [0.15, 0.2) is 11.0 Å². The van der Waals surface area contributed by atoms with Crippen molar-refractivity contribution in [3.05, 3.63) is 32.7 Å². The molecule has 2 heterocycles. The predicted octanol–water partition coefficient (Wildman–Crippen LogP) is 3.19. The van der Waals surface area contributed by atoms with Gasteiger partial charge >= 0.3 is 6.18 Å². The molecule has 0 saturated heterocycles. The SMILES string of the molecule is CC(C)n1cc2c(=O)c(F)c(C(F)(F)F)[nH]c2nc1=S. The van der Waals surface area contributed by atoms with Crippen LogP contribution in [0.1, 0.15) is 25.6 Å². The molecule has 4 nitrogen and oxygen atoms in total. The van der Waals surface area contributed by atoms with E-state index in [2.05, 4.69) is 4.98 Å². The van der Waals surface area contributed by atoms with Crippen molar-refractivity contribution in [2.45, 2.75) is 26.1 Å². The van der Waals surface area contributed by atoms with Crippen LogP contribution >= 0.6 is 12.2 Å². The Morgan fingerprint density at radius 2 is 2.00 bits per heavy atom. The molecule has 0 saturated carbocycles. The average Bonchev–Trinajstić information content (AvgIpc) is 2.31. The zero-order chi connectivity index (χ0) is 15.2. The Hall–Kier alpha value is -1.77. The molecule has 2 rings (SSSR count). The first-order chi connectivity index (χ1) is 9.12. The first-order valence-corrected chi connectivity index (χ1v) is 5.95. The van der Waals surface area contributed by atoms with Gasteiger partial charge in [-0.2, -0.15) is 13.2 Å². The Balaban J connectivity index is 2.92. The van der Waals surface area contributed by atoms with E-state index in [0.29, 0.717) is 0 Å². The molecule has 0 radical (unpaired) electrons. The lowest BCUT2D eigenvalue weighted by Gasteiger charge is -2.13. The molecule has 0 aliphatic rings. The van der Waals surface area contributed by atoms with E-state index in [-0.39, 0.29) is 21.8 Å². The average molecular weight is 307 g/mol. The van der Waals surface area contributed by atoms with Crippen LogP contribution in [0.2, 0.25) is 0 Å². The standard InChI is InChI=1S/C11H9F4N3OS/c1-4(2)18-3-5-7(19)6(12)8(11(13,14)15)16-9(5)17-10(18)20/h3-4H,1-2H3,(H,16,17,20). The van der Waals surface area contributed by atoms with Gasteiger partial charge in [0.2, 0.25) is 10.2 Å². The molecule has 2 aromatic rings. The number of pyridine rings is 1. The van der Waals surface area contributed by atoms with E-state index in [4.69, 9.17) is 12.2 Å². The van der Waals surface area contributed by atoms with E-state index in [1.165, 1.54) is 10.8 Å². The third kappa shape index (κ3) is 2.33. The summed E-state index contributed by atoms with van der Waals surface area (Å²) in [7, 11) is 0. The number of nitrogens with one attached hydrogen (secondary N) is 1. The number of halogens is 4. The lowest BCUT2D eigenvalue weighted by molar-refractivity contribution is -0.143. The highest BCUT2D eigenvalue weighted by Gasteiger charge is 2.37. The van der Waals surface area contributed by atoms with Crippen molar-refractivity contribution < 1.29 is 17.6 Å². The molecule has 0 amide bonds. The van der Waals surface area contributed by atoms with Gasteiger partial charge in [0.1, 0.15) is 5.65 Å². The zero-order valence-electron chi connectivity index (χ0n) is 10.4. The quantitative estimate of drug-likeness (QED) is 0.650. The maximum absolute atomic E-state index is 13.5. The fraction of sp³-hybridized carbons (Fsp3) is 0.364. The third-order valence-electron chi connectivity index (χ3n) is 2.70. The molecule has 0 spiro atoms. The minimum absolute atomic E-state index is 0.00267. The van der Waals surface area contributed by atoms with E-state index in [0.717, 1.165) is 0 Å². The van der Waals surface area contributed by atoms with Gasteiger partial charge in [0.25, 0.3) is 0 Å². The Morgan fingerprint density at radius 3 is 2.50 bits per heavy atom. The Labute approximate surface area is 115 Å². The smallest absolute Gasteiger partial charge is 0.333 e. The fourth-order valence-corrected chi connectivity index (χ4v) is 2.06. The van der Waals surface area contributed by atoms with Crippen LogP contribution < -0.4 is 5.43 Å². The van der Waals surface area contributed by atoms with E-state index in [9.17, 15) is 22.4 Å². The molecule has 20 heavy (non-hydrogen) atoms. The number of H-pyrrole nitrogens is 1. The fourth-order valence-electron chi connectivity index (χ4n) is 1.70. The molecular formula is C11H9F4N3OS. The largest absolute Gasteiger partial charge is 0.434 e. The van der Waals surface area contributed by atoms with Crippen molar-refractivity contribution in [2.24, 2.45) is 0 Å². The molecular weight excluding hydrogens is 298 g/mol. The molecule has 0 unspecified atom stereocenters. The number of fused-ring (bicyclic) bond motifs is 1. The van der Waals surface area contributed by atoms with Crippen molar-refractivity contribution >= 4 is 23.3 Å². The van der Waals surface area contributed by atoms with Crippen LogP contribution in [0.3, 0.4) is 0 Å². The highest BCUT2D eigenvalue weighted by molar-refractivity contribution is 7.71. The number of rotatable bonds is 1. The van der Waals surface area contributed by atoms with Gasteiger partial charge in [-0.1, -0.05) is 0 Å². The van der Waals surface area contributed by atoms with Gasteiger partial charge in [0.05, 0.1) is 5.39 Å². The zero-order valence-corrected chi connectivity index (χ0v) is 11.2. The van der Waals surface area contributed by atoms with Gasteiger partial charge < -0.3 is 9.55 Å². The minimum atomic E-state index is -5.01. The highest BCUT2D eigenvalue weighted by atomic mass is 32.1. The van der Waals surface area contributed by atoms with Crippen LogP contribution in [-0.4, -0.2) is 14.5 Å². The maximum atomic E-state index is 13.5. The number of aromatic nitrogens is 3. The first kappa shape index (κ1) is 14.6. The summed E-state index contributed by atoms with van der Waals surface area (Å²) in [4.78, 5) is 17.2. The summed E-state index contributed by atoms with van der Waals surface area (Å²) in [6.45, 7) is 3.50. The van der Waals surface area contributed by atoms with Gasteiger partial charge in [0.15, 0.2) is 11.5 Å². The molecule has 1 N–H and O–H groups in total. The Kier molecular flexibility index (Phi) is 3.41. The van der Waals surface area contributed by atoms with E-state index < -0.39 is 23.1 Å². The highest BCUT2D eigenvalue weighted by Crippen LogP contribution is 2.29. The van der Waals surface area contributed by atoms with Crippen molar-refractivity contribution in [1.29, 1.82) is 0 Å². The molecule has 2 aromatic heterocycles. The second-order valence-corrected chi connectivity index (χ2v) is 4.79. The van der Waals surface area contributed by atoms with Gasteiger partial charge in [0, 0.05) is 12.2 Å². The maximum Gasteiger partial charge on any atom is 0.434 e. The first-order valence-electron chi connectivity index (χ1n) is 5.54. The lowest BCUT2D eigenvalue weighted by Crippen LogP contribution is -2.21. The van der Waals surface area contributed by atoms with E-state index in [1.54, 1.807) is 18.8 Å². The normalized spacial score (nSPS) is 12.3. The van der Waals surface area contributed by atoms with Gasteiger partial charge in [-0.3, -0.25) is 4.79 Å². The van der Waals surface area contributed by atoms with Gasteiger partial charge in [-0.15, -0.1) is 0 Å². The van der Waals surface area contributed by atoms with Crippen LogP contribution in [0.25, 0.3) is 11.0 Å². The summed E-state index contributed by atoms with van der Waals surface area (Å²) in [5.41, 5.74) is -3.49. The van der Waals surface area contributed by atoms with Crippen molar-refractivity contribution in [3.63, 3.8) is 0 Å². The monoisotopic (exact) mass is 307 g/mol. The Morgan fingerprint density at radius 1 is 1.40 bits per heavy atom. The number of alkyl halides is 3. The van der Waals surface area contributed by atoms with Crippen LogP contribution in [0.4, 0.5) is 17.6 Å². The predicted molar refractivity (Wildman–Crippen MR) is 66.5 cm³/mol. The molecule has 0 aliphatic heterocycles. The van der Waals surface area contributed by atoms with E-state index >= 15 is 0 Å². The summed E-state index contributed by atoms with van der Waals surface area (Å²) in [5, 5.41) is -0.280. The molecule has 9 heteroatoms. The van der Waals surface area contributed by atoms with E-state index in [1.807, 2.05) is 0 Å². The minimum Gasteiger partial charge on any atom is -0.333 e. The third-order valence-corrected chi connectivity index (χ3v) is 3.00. The van der Waals surface area contributed by atoms with Crippen LogP contribution in [0.5, 0.6) is 0 Å². The molecule has 108 valence electrons.